The van der Waals surface area contributed by atoms with Crippen LogP contribution in [0, 0.1) is 13.8 Å². The van der Waals surface area contributed by atoms with Crippen LogP contribution in [0.5, 0.6) is 0 Å². The van der Waals surface area contributed by atoms with Crippen molar-refractivity contribution in [2.75, 3.05) is 7.05 Å². The van der Waals surface area contributed by atoms with E-state index in [2.05, 4.69) is 31.3 Å². The Morgan fingerprint density at radius 3 is 2.76 bits per heavy atom. The second-order valence-corrected chi connectivity index (χ2v) is 4.72. The van der Waals surface area contributed by atoms with Crippen molar-refractivity contribution in [3.05, 3.63) is 39.9 Å². The predicted octanol–water partition coefficient (Wildman–Crippen LogP) is 2.37. The zero-order chi connectivity index (χ0) is 12.4. The normalized spacial score (nSPS) is 10.8. The number of rotatable bonds is 3. The molecule has 2 rings (SSSR count). The van der Waals surface area contributed by atoms with E-state index in [-0.39, 0.29) is 0 Å². The van der Waals surface area contributed by atoms with Gasteiger partial charge in [0.25, 0.3) is 0 Å². The van der Waals surface area contributed by atoms with Gasteiger partial charge in [-0.1, -0.05) is 0 Å². The molecule has 90 valence electrons. The smallest absolute Gasteiger partial charge is 0.0743 e. The maximum Gasteiger partial charge on any atom is 0.0743 e. The van der Waals surface area contributed by atoms with Gasteiger partial charge >= 0.3 is 0 Å². The molecular formula is C12H15BrN4. The third kappa shape index (κ3) is 2.25. The van der Waals surface area contributed by atoms with Crippen LogP contribution >= 0.6 is 15.9 Å². The quantitative estimate of drug-likeness (QED) is 0.945. The van der Waals surface area contributed by atoms with Gasteiger partial charge in [-0.25, -0.2) is 4.68 Å². The van der Waals surface area contributed by atoms with Gasteiger partial charge < -0.3 is 5.32 Å². The van der Waals surface area contributed by atoms with Crippen LogP contribution in [0.15, 0.2) is 22.9 Å². The van der Waals surface area contributed by atoms with Gasteiger partial charge in [0.05, 0.1) is 21.5 Å². The monoisotopic (exact) mass is 294 g/mol. The van der Waals surface area contributed by atoms with Crippen molar-refractivity contribution in [3.63, 3.8) is 0 Å². The van der Waals surface area contributed by atoms with E-state index in [9.17, 15) is 0 Å². The minimum Gasteiger partial charge on any atom is -0.316 e. The second kappa shape index (κ2) is 4.98. The lowest BCUT2D eigenvalue weighted by Crippen LogP contribution is -2.11. The first-order valence-corrected chi connectivity index (χ1v) is 6.24. The van der Waals surface area contributed by atoms with Crippen molar-refractivity contribution in [3.8, 4) is 5.69 Å². The van der Waals surface area contributed by atoms with Gasteiger partial charge in [0.2, 0.25) is 0 Å². The van der Waals surface area contributed by atoms with Crippen LogP contribution in [-0.4, -0.2) is 21.8 Å². The summed E-state index contributed by atoms with van der Waals surface area (Å²) in [4.78, 5) is 4.16. The van der Waals surface area contributed by atoms with Crippen molar-refractivity contribution in [1.82, 2.24) is 20.1 Å². The van der Waals surface area contributed by atoms with E-state index >= 15 is 0 Å². The summed E-state index contributed by atoms with van der Waals surface area (Å²) in [6, 6.07) is 1.98. The first-order valence-electron chi connectivity index (χ1n) is 5.44. The topological polar surface area (TPSA) is 42.7 Å². The molecule has 0 atom stereocenters. The molecule has 0 aliphatic heterocycles. The van der Waals surface area contributed by atoms with E-state index in [4.69, 9.17) is 0 Å². The number of nitrogens with zero attached hydrogens (tertiary/aromatic N) is 3. The number of hydrogen-bond acceptors (Lipinski definition) is 3. The molecule has 0 spiro atoms. The molecule has 0 saturated heterocycles. The Morgan fingerprint density at radius 2 is 2.18 bits per heavy atom. The Bertz CT molecular complexity index is 533. The highest BCUT2D eigenvalue weighted by molar-refractivity contribution is 9.10. The fraction of sp³-hybridized carbons (Fsp3) is 0.333. The summed E-state index contributed by atoms with van der Waals surface area (Å²) in [6.45, 7) is 4.82. The molecule has 2 aromatic rings. The van der Waals surface area contributed by atoms with Gasteiger partial charge in [0.15, 0.2) is 0 Å². The Hall–Kier alpha value is -1.20. The molecule has 2 heterocycles. The molecule has 0 amide bonds. The number of halogens is 1. The number of hydrogen-bond donors (Lipinski definition) is 1. The largest absolute Gasteiger partial charge is 0.316 e. The van der Waals surface area contributed by atoms with E-state index in [1.165, 1.54) is 0 Å². The van der Waals surface area contributed by atoms with Crippen molar-refractivity contribution in [1.29, 1.82) is 0 Å². The summed E-state index contributed by atoms with van der Waals surface area (Å²) in [5, 5.41) is 7.68. The van der Waals surface area contributed by atoms with E-state index in [0.29, 0.717) is 0 Å². The molecule has 0 fully saturated rings. The molecule has 0 unspecified atom stereocenters. The Labute approximate surface area is 109 Å². The first-order chi connectivity index (χ1) is 8.15. The van der Waals surface area contributed by atoms with Gasteiger partial charge in [-0.15, -0.1) is 0 Å². The van der Waals surface area contributed by atoms with Gasteiger partial charge in [-0.2, -0.15) is 5.10 Å². The highest BCUT2D eigenvalue weighted by Gasteiger charge is 2.12. The average molecular weight is 295 g/mol. The van der Waals surface area contributed by atoms with Crippen molar-refractivity contribution < 1.29 is 0 Å². The lowest BCUT2D eigenvalue weighted by molar-refractivity contribution is 0.770. The maximum absolute atomic E-state index is 4.54. The highest BCUT2D eigenvalue weighted by Crippen LogP contribution is 2.24. The lowest BCUT2D eigenvalue weighted by Gasteiger charge is -2.10. The molecule has 0 aromatic carbocycles. The minimum atomic E-state index is 0.777. The first kappa shape index (κ1) is 12.3. The summed E-state index contributed by atoms with van der Waals surface area (Å²) < 4.78 is 3.01. The highest BCUT2D eigenvalue weighted by atomic mass is 79.9. The van der Waals surface area contributed by atoms with E-state index in [1.54, 1.807) is 6.20 Å². The summed E-state index contributed by atoms with van der Waals surface area (Å²) in [5.74, 6) is 0. The molecule has 5 heteroatoms. The molecular weight excluding hydrogens is 280 g/mol. The molecule has 0 radical (unpaired) electrons. The Morgan fingerprint density at radius 1 is 1.41 bits per heavy atom. The number of nitrogens with one attached hydrogen (secondary N) is 1. The van der Waals surface area contributed by atoms with Crippen LogP contribution in [0.4, 0.5) is 0 Å². The van der Waals surface area contributed by atoms with Crippen molar-refractivity contribution >= 4 is 15.9 Å². The predicted molar refractivity (Wildman–Crippen MR) is 71.3 cm³/mol. The molecule has 2 aromatic heterocycles. The molecule has 0 aliphatic carbocycles. The second-order valence-electron chi connectivity index (χ2n) is 3.93. The van der Waals surface area contributed by atoms with E-state index in [0.717, 1.165) is 33.7 Å². The van der Waals surface area contributed by atoms with Crippen LogP contribution in [-0.2, 0) is 6.54 Å². The molecule has 17 heavy (non-hydrogen) atoms. The zero-order valence-corrected chi connectivity index (χ0v) is 11.7. The van der Waals surface area contributed by atoms with Gasteiger partial charge in [0, 0.05) is 24.5 Å². The number of pyridine rings is 1. The fourth-order valence-corrected chi connectivity index (χ4v) is 2.06. The van der Waals surface area contributed by atoms with Crippen LogP contribution in [0.25, 0.3) is 5.69 Å². The van der Waals surface area contributed by atoms with Gasteiger partial charge in [-0.3, -0.25) is 4.98 Å². The number of aromatic nitrogens is 3. The van der Waals surface area contributed by atoms with Gasteiger partial charge in [-0.05, 0) is 42.9 Å². The van der Waals surface area contributed by atoms with Gasteiger partial charge in [0.1, 0.15) is 0 Å². The van der Waals surface area contributed by atoms with Crippen molar-refractivity contribution in [2.24, 2.45) is 0 Å². The lowest BCUT2D eigenvalue weighted by atomic mass is 10.2. The standard InChI is InChI=1S/C12H15BrN4/c1-8-12(13)9(2)17(16-8)11-4-5-15-7-10(11)6-14-3/h4-5,7,14H,6H2,1-3H3. The van der Waals surface area contributed by atoms with Crippen LogP contribution in [0.2, 0.25) is 0 Å². The summed E-state index contributed by atoms with van der Waals surface area (Å²) in [6.07, 6.45) is 3.66. The Kier molecular flexibility index (Phi) is 3.59. The molecule has 4 nitrogen and oxygen atoms in total. The summed E-state index contributed by atoms with van der Waals surface area (Å²) in [7, 11) is 1.92. The summed E-state index contributed by atoms with van der Waals surface area (Å²) >= 11 is 3.55. The van der Waals surface area contributed by atoms with E-state index in [1.807, 2.05) is 37.8 Å². The molecule has 0 saturated carbocycles. The molecule has 0 bridgehead atoms. The molecule has 0 aliphatic rings. The maximum atomic E-state index is 4.54. The van der Waals surface area contributed by atoms with Crippen LogP contribution < -0.4 is 5.32 Å². The number of aryl methyl sites for hydroxylation is 1. The van der Waals surface area contributed by atoms with Crippen LogP contribution in [0.1, 0.15) is 17.0 Å². The minimum absolute atomic E-state index is 0.777. The Balaban J connectivity index is 2.56. The third-order valence-electron chi connectivity index (χ3n) is 2.68. The van der Waals surface area contributed by atoms with Crippen molar-refractivity contribution in [2.45, 2.75) is 20.4 Å². The average Bonchev–Trinajstić information content (AvgIpc) is 2.58. The van der Waals surface area contributed by atoms with Crippen LogP contribution in [0.3, 0.4) is 0 Å². The zero-order valence-electron chi connectivity index (χ0n) is 10.2. The fourth-order valence-electron chi connectivity index (χ4n) is 1.81. The SMILES string of the molecule is CNCc1cnccc1-n1nc(C)c(Br)c1C. The van der Waals surface area contributed by atoms with E-state index < -0.39 is 0 Å². The summed E-state index contributed by atoms with van der Waals surface area (Å²) in [5.41, 5.74) is 4.30. The third-order valence-corrected chi connectivity index (χ3v) is 3.82. The molecule has 1 N–H and O–H groups in total.